The average Bonchev–Trinajstić information content (AvgIpc) is 2.44. The van der Waals surface area contributed by atoms with Crippen molar-refractivity contribution in [2.45, 2.75) is 0 Å². The van der Waals surface area contributed by atoms with Crippen LogP contribution in [0.25, 0.3) is 0 Å². The number of nitrogens with one attached hydrogen (secondary N) is 2. The summed E-state index contributed by atoms with van der Waals surface area (Å²) in [6.45, 7) is 0. The van der Waals surface area contributed by atoms with Crippen LogP contribution in [0.1, 0.15) is 10.4 Å². The van der Waals surface area contributed by atoms with Gasteiger partial charge in [0.05, 0.1) is 26.3 Å². The van der Waals surface area contributed by atoms with E-state index >= 15 is 0 Å². The van der Waals surface area contributed by atoms with Crippen molar-refractivity contribution >= 4 is 52.2 Å². The summed E-state index contributed by atoms with van der Waals surface area (Å²) < 4.78 is 14.0. The highest BCUT2D eigenvalue weighted by atomic mass is 35.5. The summed E-state index contributed by atoms with van der Waals surface area (Å²) in [5.74, 6) is -1.46. The minimum Gasteiger partial charge on any atom is -0.371 e. The van der Waals surface area contributed by atoms with Gasteiger partial charge in [-0.05, 0) is 18.2 Å². The van der Waals surface area contributed by atoms with E-state index in [1.807, 2.05) is 0 Å². The first-order chi connectivity index (χ1) is 9.93. The number of nitrogens with zero attached hydrogens (tertiary/aromatic N) is 1. The summed E-state index contributed by atoms with van der Waals surface area (Å²) in [6.07, 6.45) is 1.32. The fourth-order valence-electron chi connectivity index (χ4n) is 1.60. The van der Waals surface area contributed by atoms with Crippen molar-refractivity contribution in [2.24, 2.45) is 0 Å². The molecule has 2 rings (SSSR count). The fraction of sp³-hybridized carbons (Fsp3) is 0.0769. The third-order valence-corrected chi connectivity index (χ3v) is 3.66. The van der Waals surface area contributed by atoms with E-state index in [-0.39, 0.29) is 32.1 Å². The van der Waals surface area contributed by atoms with Crippen molar-refractivity contribution in [3.05, 3.63) is 50.8 Å². The van der Waals surface area contributed by atoms with Crippen LogP contribution in [0.15, 0.2) is 24.4 Å². The molecule has 0 aliphatic carbocycles. The summed E-state index contributed by atoms with van der Waals surface area (Å²) in [5.41, 5.74) is 0.0646. The topological polar surface area (TPSA) is 54.0 Å². The summed E-state index contributed by atoms with van der Waals surface area (Å²) in [7, 11) is 1.50. The van der Waals surface area contributed by atoms with E-state index in [0.717, 1.165) is 0 Å². The van der Waals surface area contributed by atoms with Gasteiger partial charge in [0.25, 0.3) is 5.91 Å². The van der Waals surface area contributed by atoms with Gasteiger partial charge < -0.3 is 10.6 Å². The van der Waals surface area contributed by atoms with Crippen LogP contribution in [-0.2, 0) is 0 Å². The molecule has 1 aromatic carbocycles. The second kappa shape index (κ2) is 6.47. The zero-order valence-electron chi connectivity index (χ0n) is 10.7. The average molecular weight is 349 g/mol. The van der Waals surface area contributed by atoms with Gasteiger partial charge in [-0.1, -0.05) is 34.8 Å². The van der Waals surface area contributed by atoms with E-state index < -0.39 is 11.7 Å². The number of hydrogen-bond acceptors (Lipinski definition) is 3. The molecule has 2 N–H and O–H groups in total. The highest BCUT2D eigenvalue weighted by molar-refractivity contribution is 6.44. The Morgan fingerprint density at radius 3 is 2.52 bits per heavy atom. The van der Waals surface area contributed by atoms with E-state index in [9.17, 15) is 9.18 Å². The van der Waals surface area contributed by atoms with Crippen molar-refractivity contribution in [1.82, 2.24) is 4.98 Å². The maximum absolute atomic E-state index is 14.0. The molecule has 4 nitrogen and oxygen atoms in total. The van der Waals surface area contributed by atoms with Gasteiger partial charge in [-0.25, -0.2) is 9.37 Å². The van der Waals surface area contributed by atoms with Crippen molar-refractivity contribution in [3.8, 4) is 0 Å². The molecule has 0 saturated carbocycles. The standard InChI is InChI=1S/C13H9Cl3FN3O/c1-18-12-11(17)6(2-3-19-12)13(21)20-10-5-8(15)7(14)4-9(10)16/h2-5H,1H3,(H,18,19)(H,20,21). The van der Waals surface area contributed by atoms with Crippen molar-refractivity contribution in [3.63, 3.8) is 0 Å². The number of aromatic nitrogens is 1. The van der Waals surface area contributed by atoms with Gasteiger partial charge >= 0.3 is 0 Å². The van der Waals surface area contributed by atoms with Gasteiger partial charge in [0.2, 0.25) is 0 Å². The smallest absolute Gasteiger partial charge is 0.258 e. The number of carbonyl (C=O) groups is 1. The third kappa shape index (κ3) is 3.37. The Hall–Kier alpha value is -1.56. The molecule has 0 aliphatic heterocycles. The van der Waals surface area contributed by atoms with E-state index in [2.05, 4.69) is 15.6 Å². The van der Waals surface area contributed by atoms with Crippen LogP contribution < -0.4 is 10.6 Å². The van der Waals surface area contributed by atoms with Gasteiger partial charge in [-0.3, -0.25) is 4.79 Å². The Morgan fingerprint density at radius 1 is 1.19 bits per heavy atom. The second-order valence-electron chi connectivity index (χ2n) is 3.97. The maximum atomic E-state index is 14.0. The summed E-state index contributed by atoms with van der Waals surface area (Å²) in [6, 6.07) is 4.04. The quantitative estimate of drug-likeness (QED) is 0.804. The predicted octanol–water partition coefficient (Wildman–Crippen LogP) is 4.47. The zero-order valence-corrected chi connectivity index (χ0v) is 12.9. The van der Waals surface area contributed by atoms with Crippen LogP contribution in [0.4, 0.5) is 15.9 Å². The lowest BCUT2D eigenvalue weighted by molar-refractivity contribution is 0.102. The van der Waals surface area contributed by atoms with E-state index in [0.29, 0.717) is 0 Å². The highest BCUT2D eigenvalue weighted by Gasteiger charge is 2.17. The molecule has 0 saturated heterocycles. The predicted molar refractivity (Wildman–Crippen MR) is 83.2 cm³/mol. The summed E-state index contributed by atoms with van der Waals surface area (Å²) >= 11 is 17.6. The van der Waals surface area contributed by atoms with Crippen molar-refractivity contribution in [1.29, 1.82) is 0 Å². The third-order valence-electron chi connectivity index (χ3n) is 2.63. The fourth-order valence-corrected chi connectivity index (χ4v) is 2.20. The SMILES string of the molecule is CNc1nccc(C(=O)Nc2cc(Cl)c(Cl)cc2Cl)c1F. The van der Waals surface area contributed by atoms with E-state index in [1.54, 1.807) is 0 Å². The summed E-state index contributed by atoms with van der Waals surface area (Å²) in [5, 5.41) is 5.71. The Balaban J connectivity index is 2.33. The molecular weight excluding hydrogens is 340 g/mol. The largest absolute Gasteiger partial charge is 0.371 e. The molecule has 0 fully saturated rings. The molecule has 0 atom stereocenters. The number of hydrogen-bond donors (Lipinski definition) is 2. The molecule has 0 unspecified atom stereocenters. The minimum absolute atomic E-state index is 0.0251. The monoisotopic (exact) mass is 347 g/mol. The number of benzene rings is 1. The number of rotatable bonds is 3. The first-order valence-electron chi connectivity index (χ1n) is 5.72. The van der Waals surface area contributed by atoms with Gasteiger partial charge in [-0.15, -0.1) is 0 Å². The Bertz CT molecular complexity index is 709. The maximum Gasteiger partial charge on any atom is 0.258 e. The lowest BCUT2D eigenvalue weighted by Crippen LogP contribution is -2.15. The first-order valence-corrected chi connectivity index (χ1v) is 6.85. The highest BCUT2D eigenvalue weighted by Crippen LogP contribution is 2.32. The number of amides is 1. The number of anilines is 2. The van der Waals surface area contributed by atoms with Crippen LogP contribution in [0.2, 0.25) is 15.1 Å². The molecule has 1 aromatic heterocycles. The minimum atomic E-state index is -0.756. The normalized spacial score (nSPS) is 10.3. The van der Waals surface area contributed by atoms with Gasteiger partial charge in [0.1, 0.15) is 0 Å². The lowest BCUT2D eigenvalue weighted by atomic mass is 10.2. The number of pyridine rings is 1. The van der Waals surface area contributed by atoms with Gasteiger partial charge in [0, 0.05) is 13.2 Å². The molecule has 8 heteroatoms. The van der Waals surface area contributed by atoms with E-state index in [1.165, 1.54) is 31.4 Å². The molecule has 0 spiro atoms. The van der Waals surface area contributed by atoms with Crippen LogP contribution in [0.3, 0.4) is 0 Å². The molecule has 1 heterocycles. The van der Waals surface area contributed by atoms with Crippen LogP contribution in [-0.4, -0.2) is 17.9 Å². The Kier molecular flexibility index (Phi) is 4.88. The van der Waals surface area contributed by atoms with E-state index in [4.69, 9.17) is 34.8 Å². The lowest BCUT2D eigenvalue weighted by Gasteiger charge is -2.10. The molecule has 0 aliphatic rings. The van der Waals surface area contributed by atoms with Crippen molar-refractivity contribution < 1.29 is 9.18 Å². The molecule has 0 radical (unpaired) electrons. The van der Waals surface area contributed by atoms with Crippen molar-refractivity contribution in [2.75, 3.05) is 17.7 Å². The Labute approximate surface area is 135 Å². The molecule has 2 aromatic rings. The number of halogens is 4. The molecule has 1 amide bonds. The Morgan fingerprint density at radius 2 is 1.86 bits per heavy atom. The van der Waals surface area contributed by atoms with Crippen LogP contribution >= 0.6 is 34.8 Å². The van der Waals surface area contributed by atoms with Gasteiger partial charge in [-0.2, -0.15) is 0 Å². The summed E-state index contributed by atoms with van der Waals surface area (Å²) in [4.78, 5) is 15.9. The molecule has 21 heavy (non-hydrogen) atoms. The molecular formula is C13H9Cl3FN3O. The first kappa shape index (κ1) is 15.8. The molecule has 0 bridgehead atoms. The van der Waals surface area contributed by atoms with Crippen LogP contribution in [0.5, 0.6) is 0 Å². The second-order valence-corrected chi connectivity index (χ2v) is 5.19. The van der Waals surface area contributed by atoms with Crippen LogP contribution in [0, 0.1) is 5.82 Å². The number of carbonyl (C=O) groups excluding carboxylic acids is 1. The molecule has 110 valence electrons. The zero-order chi connectivity index (χ0) is 15.6. The van der Waals surface area contributed by atoms with Gasteiger partial charge in [0.15, 0.2) is 11.6 Å².